The normalized spacial score (nSPS) is 15.8. The van der Waals surface area contributed by atoms with Crippen molar-refractivity contribution in [2.75, 3.05) is 31.1 Å². The second-order valence-corrected chi connectivity index (χ2v) is 6.96. The Bertz CT molecular complexity index is 730. The van der Waals surface area contributed by atoms with Gasteiger partial charge in [0, 0.05) is 42.4 Å². The summed E-state index contributed by atoms with van der Waals surface area (Å²) in [5, 5.41) is 0. The molecule has 2 heterocycles. The van der Waals surface area contributed by atoms with Gasteiger partial charge in [-0.25, -0.2) is 9.97 Å². The first-order valence-corrected chi connectivity index (χ1v) is 9.07. The number of carbonyl (C=O) groups is 1. The van der Waals surface area contributed by atoms with E-state index >= 15 is 0 Å². The Morgan fingerprint density at radius 1 is 1.16 bits per heavy atom. The van der Waals surface area contributed by atoms with Crippen LogP contribution in [0.2, 0.25) is 0 Å². The molecule has 0 saturated carbocycles. The second kappa shape index (κ2) is 7.82. The molecule has 1 aliphatic heterocycles. The summed E-state index contributed by atoms with van der Waals surface area (Å²) >= 11 is 3.39. The van der Waals surface area contributed by atoms with E-state index in [1.807, 2.05) is 42.2 Å². The molecule has 132 valence electrons. The number of hydrogen-bond acceptors (Lipinski definition) is 5. The van der Waals surface area contributed by atoms with Crippen molar-refractivity contribution >= 4 is 27.7 Å². The van der Waals surface area contributed by atoms with Crippen molar-refractivity contribution in [2.45, 2.75) is 20.0 Å². The first-order valence-electron chi connectivity index (χ1n) is 8.27. The molecule has 0 radical (unpaired) electrons. The zero-order valence-corrected chi connectivity index (χ0v) is 15.9. The highest BCUT2D eigenvalue weighted by molar-refractivity contribution is 9.10. The van der Waals surface area contributed by atoms with E-state index in [4.69, 9.17) is 4.74 Å². The third kappa shape index (κ3) is 4.48. The molecule has 1 aliphatic rings. The molecular formula is C18H21BrN4O2. The molecule has 0 spiro atoms. The Balaban J connectivity index is 1.54. The minimum atomic E-state index is -0.506. The maximum absolute atomic E-state index is 12.6. The van der Waals surface area contributed by atoms with Crippen molar-refractivity contribution in [1.82, 2.24) is 14.9 Å². The van der Waals surface area contributed by atoms with Gasteiger partial charge in [-0.1, -0.05) is 15.9 Å². The molecule has 3 rings (SSSR count). The number of rotatable bonds is 4. The fraction of sp³-hybridized carbons (Fsp3) is 0.389. The van der Waals surface area contributed by atoms with Gasteiger partial charge in [0.25, 0.3) is 5.91 Å². The molecule has 2 aromatic rings. The number of hydrogen-bond donors (Lipinski definition) is 0. The fourth-order valence-corrected chi connectivity index (χ4v) is 3.06. The van der Waals surface area contributed by atoms with Crippen molar-refractivity contribution in [3.05, 3.63) is 46.8 Å². The van der Waals surface area contributed by atoms with Gasteiger partial charge in [0.2, 0.25) is 0 Å². The van der Waals surface area contributed by atoms with Crippen LogP contribution in [0, 0.1) is 6.92 Å². The van der Waals surface area contributed by atoms with E-state index in [1.165, 1.54) is 0 Å². The third-order valence-electron chi connectivity index (χ3n) is 4.18. The molecule has 7 heteroatoms. The Kier molecular flexibility index (Phi) is 5.53. The van der Waals surface area contributed by atoms with E-state index in [0.29, 0.717) is 18.8 Å². The highest BCUT2D eigenvalue weighted by atomic mass is 79.9. The largest absolute Gasteiger partial charge is 0.481 e. The fourth-order valence-electron chi connectivity index (χ4n) is 2.79. The Morgan fingerprint density at radius 2 is 1.84 bits per heavy atom. The summed E-state index contributed by atoms with van der Waals surface area (Å²) in [5.41, 5.74) is 0.944. The van der Waals surface area contributed by atoms with Crippen LogP contribution in [-0.2, 0) is 4.79 Å². The molecule has 0 N–H and O–H groups in total. The van der Waals surface area contributed by atoms with Crippen molar-refractivity contribution in [2.24, 2.45) is 0 Å². The zero-order valence-electron chi connectivity index (χ0n) is 14.4. The number of aromatic nitrogens is 2. The van der Waals surface area contributed by atoms with Gasteiger partial charge >= 0.3 is 0 Å². The molecule has 1 fully saturated rings. The minimum absolute atomic E-state index is 0.0152. The first kappa shape index (κ1) is 17.7. The van der Waals surface area contributed by atoms with E-state index in [9.17, 15) is 4.79 Å². The lowest BCUT2D eigenvalue weighted by Crippen LogP contribution is -2.52. The van der Waals surface area contributed by atoms with Crippen LogP contribution in [0.25, 0.3) is 0 Å². The van der Waals surface area contributed by atoms with Gasteiger partial charge in [-0.3, -0.25) is 4.79 Å². The zero-order chi connectivity index (χ0) is 17.8. The van der Waals surface area contributed by atoms with Gasteiger partial charge in [0.05, 0.1) is 0 Å². The summed E-state index contributed by atoms with van der Waals surface area (Å²) in [4.78, 5) is 25.1. The van der Waals surface area contributed by atoms with Gasteiger partial charge in [-0.15, -0.1) is 0 Å². The monoisotopic (exact) mass is 404 g/mol. The summed E-state index contributed by atoms with van der Waals surface area (Å²) < 4.78 is 6.75. The van der Waals surface area contributed by atoms with Gasteiger partial charge in [-0.2, -0.15) is 0 Å². The SMILES string of the molecule is Cc1cc(N2CCN(C(=O)C(C)Oc3ccc(Br)cc3)CC2)ncn1. The molecule has 1 amide bonds. The molecule has 0 bridgehead atoms. The molecule has 0 aliphatic carbocycles. The summed E-state index contributed by atoms with van der Waals surface area (Å²) in [6.07, 6.45) is 1.07. The number of halogens is 1. The average molecular weight is 405 g/mol. The molecule has 25 heavy (non-hydrogen) atoms. The van der Waals surface area contributed by atoms with Crippen LogP contribution in [0.1, 0.15) is 12.6 Å². The predicted octanol–water partition coefficient (Wildman–Crippen LogP) is 2.66. The summed E-state index contributed by atoms with van der Waals surface area (Å²) in [6, 6.07) is 9.47. The summed E-state index contributed by atoms with van der Waals surface area (Å²) in [6.45, 7) is 6.59. The number of amides is 1. The van der Waals surface area contributed by atoms with Gasteiger partial charge < -0.3 is 14.5 Å². The van der Waals surface area contributed by atoms with E-state index in [0.717, 1.165) is 29.1 Å². The topological polar surface area (TPSA) is 58.6 Å². The maximum atomic E-state index is 12.6. The van der Waals surface area contributed by atoms with Gasteiger partial charge in [-0.05, 0) is 38.1 Å². The van der Waals surface area contributed by atoms with Crippen molar-refractivity contribution in [3.8, 4) is 5.75 Å². The van der Waals surface area contributed by atoms with Crippen molar-refractivity contribution in [3.63, 3.8) is 0 Å². The van der Waals surface area contributed by atoms with Crippen LogP contribution in [-0.4, -0.2) is 53.1 Å². The number of aryl methyl sites for hydroxylation is 1. The second-order valence-electron chi connectivity index (χ2n) is 6.04. The van der Waals surface area contributed by atoms with Crippen LogP contribution in [0.4, 0.5) is 5.82 Å². The van der Waals surface area contributed by atoms with Crippen LogP contribution in [0.5, 0.6) is 5.75 Å². The highest BCUT2D eigenvalue weighted by Crippen LogP contribution is 2.19. The molecule has 1 aromatic heterocycles. The number of carbonyl (C=O) groups excluding carboxylic acids is 1. The lowest BCUT2D eigenvalue weighted by atomic mass is 10.2. The first-order chi connectivity index (χ1) is 12.0. The quantitative estimate of drug-likeness (QED) is 0.783. The van der Waals surface area contributed by atoms with Crippen LogP contribution < -0.4 is 9.64 Å². The van der Waals surface area contributed by atoms with E-state index < -0.39 is 6.10 Å². The number of piperazine rings is 1. The lowest BCUT2D eigenvalue weighted by Gasteiger charge is -2.36. The molecule has 1 unspecified atom stereocenters. The molecule has 1 atom stereocenters. The third-order valence-corrected chi connectivity index (χ3v) is 4.71. The minimum Gasteiger partial charge on any atom is -0.481 e. The Hall–Kier alpha value is -2.15. The average Bonchev–Trinajstić information content (AvgIpc) is 2.63. The number of nitrogens with zero attached hydrogens (tertiary/aromatic N) is 4. The summed E-state index contributed by atoms with van der Waals surface area (Å²) in [7, 11) is 0. The molecular weight excluding hydrogens is 384 g/mol. The number of anilines is 1. The number of ether oxygens (including phenoxy) is 1. The molecule has 1 saturated heterocycles. The Morgan fingerprint density at radius 3 is 2.48 bits per heavy atom. The van der Waals surface area contributed by atoms with Crippen LogP contribution in [0.3, 0.4) is 0 Å². The Labute approximate surface area is 156 Å². The smallest absolute Gasteiger partial charge is 0.263 e. The van der Waals surface area contributed by atoms with Gasteiger partial charge in [0.15, 0.2) is 6.10 Å². The molecule has 1 aromatic carbocycles. The molecule has 6 nitrogen and oxygen atoms in total. The predicted molar refractivity (Wildman–Crippen MR) is 99.8 cm³/mol. The number of benzene rings is 1. The van der Waals surface area contributed by atoms with Crippen LogP contribution in [0.15, 0.2) is 41.1 Å². The van der Waals surface area contributed by atoms with Crippen molar-refractivity contribution in [1.29, 1.82) is 0 Å². The standard InChI is InChI=1S/C18H21BrN4O2/c1-13-11-17(21-12-20-13)22-7-9-23(10-8-22)18(24)14(2)25-16-5-3-15(19)4-6-16/h3-6,11-12,14H,7-10H2,1-2H3. The highest BCUT2D eigenvalue weighted by Gasteiger charge is 2.26. The lowest BCUT2D eigenvalue weighted by molar-refractivity contribution is -0.138. The van der Waals surface area contributed by atoms with Crippen molar-refractivity contribution < 1.29 is 9.53 Å². The van der Waals surface area contributed by atoms with E-state index in [2.05, 4.69) is 30.8 Å². The van der Waals surface area contributed by atoms with Gasteiger partial charge in [0.1, 0.15) is 17.9 Å². The maximum Gasteiger partial charge on any atom is 0.263 e. The summed E-state index contributed by atoms with van der Waals surface area (Å²) in [5.74, 6) is 1.62. The van der Waals surface area contributed by atoms with E-state index in [1.54, 1.807) is 13.3 Å². The van der Waals surface area contributed by atoms with Crippen LogP contribution >= 0.6 is 15.9 Å². The van der Waals surface area contributed by atoms with E-state index in [-0.39, 0.29) is 5.91 Å².